The highest BCUT2D eigenvalue weighted by Gasteiger charge is 2.46. The van der Waals surface area contributed by atoms with Crippen molar-refractivity contribution in [2.45, 2.75) is 30.7 Å². The molecule has 1 N–H and O–H groups in total. The van der Waals surface area contributed by atoms with E-state index in [4.69, 9.17) is 4.74 Å². The molecule has 142 valence electrons. The van der Waals surface area contributed by atoms with E-state index < -0.39 is 0 Å². The van der Waals surface area contributed by atoms with Crippen molar-refractivity contribution in [3.8, 4) is 0 Å². The van der Waals surface area contributed by atoms with Crippen LogP contribution >= 0.6 is 0 Å². The smallest absolute Gasteiger partial charge is 0.193 e. The molecule has 0 aromatic heterocycles. The summed E-state index contributed by atoms with van der Waals surface area (Å²) in [5.74, 6) is 0.860. The third-order valence-electron chi connectivity index (χ3n) is 6.12. The number of likely N-dealkylation sites (tertiary alicyclic amines) is 1. The molecule has 1 aliphatic carbocycles. The first-order chi connectivity index (χ1) is 12.7. The summed E-state index contributed by atoms with van der Waals surface area (Å²) in [5, 5.41) is 3.53. The van der Waals surface area contributed by atoms with Gasteiger partial charge in [-0.3, -0.25) is 9.89 Å². The Balaban J connectivity index is 1.35. The lowest BCUT2D eigenvalue weighted by molar-refractivity contribution is 0.0195. The molecule has 2 heterocycles. The summed E-state index contributed by atoms with van der Waals surface area (Å²) in [4.78, 5) is 9.38. The number of benzene rings is 1. The van der Waals surface area contributed by atoms with Crippen molar-refractivity contribution in [1.29, 1.82) is 0 Å². The van der Waals surface area contributed by atoms with Crippen LogP contribution in [0.5, 0.6) is 0 Å². The van der Waals surface area contributed by atoms with Crippen LogP contribution in [0.25, 0.3) is 0 Å². The molecule has 1 aromatic carbocycles. The highest BCUT2D eigenvalue weighted by atomic mass is 19.1. The molecular formula is C20H29FN4O. The maximum Gasteiger partial charge on any atom is 0.193 e. The van der Waals surface area contributed by atoms with Gasteiger partial charge in [0.15, 0.2) is 5.96 Å². The SMILES string of the molecule is CN=C(NCC1(c2ccccc2F)CC1)N1CCC(N2CCOCC2)C1. The molecule has 3 aliphatic rings. The lowest BCUT2D eigenvalue weighted by Crippen LogP contribution is -2.47. The first kappa shape index (κ1) is 17.7. The largest absolute Gasteiger partial charge is 0.379 e. The molecule has 1 saturated carbocycles. The molecule has 1 aromatic rings. The maximum absolute atomic E-state index is 14.2. The Labute approximate surface area is 155 Å². The van der Waals surface area contributed by atoms with Gasteiger partial charge in [-0.05, 0) is 30.9 Å². The zero-order valence-corrected chi connectivity index (χ0v) is 15.6. The van der Waals surface area contributed by atoms with Crippen LogP contribution in [-0.4, -0.2) is 74.8 Å². The lowest BCUT2D eigenvalue weighted by Gasteiger charge is -2.32. The minimum absolute atomic E-state index is 0.0649. The monoisotopic (exact) mass is 360 g/mol. The molecule has 0 bridgehead atoms. The molecule has 2 aliphatic heterocycles. The van der Waals surface area contributed by atoms with Gasteiger partial charge in [0, 0.05) is 51.2 Å². The van der Waals surface area contributed by atoms with E-state index in [2.05, 4.69) is 20.1 Å². The number of aliphatic imine (C=N–C) groups is 1. The minimum atomic E-state index is -0.0876. The fourth-order valence-corrected chi connectivity index (χ4v) is 4.34. The number of rotatable bonds is 4. The second-order valence-electron chi connectivity index (χ2n) is 7.70. The van der Waals surface area contributed by atoms with E-state index in [0.717, 1.165) is 70.3 Å². The maximum atomic E-state index is 14.2. The molecule has 4 rings (SSSR count). The van der Waals surface area contributed by atoms with E-state index in [1.807, 2.05) is 19.2 Å². The molecule has 2 saturated heterocycles. The Morgan fingerprint density at radius 2 is 2.04 bits per heavy atom. The zero-order chi connectivity index (χ0) is 18.0. The average molecular weight is 360 g/mol. The average Bonchev–Trinajstić information content (AvgIpc) is 3.30. The Morgan fingerprint density at radius 3 is 2.73 bits per heavy atom. The molecule has 0 spiro atoms. The third-order valence-corrected chi connectivity index (χ3v) is 6.12. The number of morpholine rings is 1. The summed E-state index contributed by atoms with van der Waals surface area (Å²) in [6.45, 7) is 6.52. The fraction of sp³-hybridized carbons (Fsp3) is 0.650. The van der Waals surface area contributed by atoms with E-state index in [-0.39, 0.29) is 11.2 Å². The zero-order valence-electron chi connectivity index (χ0n) is 15.6. The first-order valence-electron chi connectivity index (χ1n) is 9.74. The van der Waals surface area contributed by atoms with Gasteiger partial charge in [-0.15, -0.1) is 0 Å². The predicted octanol–water partition coefficient (Wildman–Crippen LogP) is 1.84. The fourth-order valence-electron chi connectivity index (χ4n) is 4.34. The van der Waals surface area contributed by atoms with Crippen molar-refractivity contribution in [2.24, 2.45) is 4.99 Å². The number of ether oxygens (including phenoxy) is 1. The van der Waals surface area contributed by atoms with Crippen molar-refractivity contribution in [3.63, 3.8) is 0 Å². The van der Waals surface area contributed by atoms with Crippen molar-refractivity contribution < 1.29 is 9.13 Å². The summed E-state index contributed by atoms with van der Waals surface area (Å²) in [6.07, 6.45) is 3.24. The highest BCUT2D eigenvalue weighted by molar-refractivity contribution is 5.80. The lowest BCUT2D eigenvalue weighted by atomic mass is 9.95. The Morgan fingerprint density at radius 1 is 1.27 bits per heavy atom. The minimum Gasteiger partial charge on any atom is -0.379 e. The quantitative estimate of drug-likeness (QED) is 0.657. The Bertz CT molecular complexity index is 655. The number of hydrogen-bond acceptors (Lipinski definition) is 3. The number of nitrogens with zero attached hydrogens (tertiary/aromatic N) is 3. The summed E-state index contributed by atoms with van der Waals surface area (Å²) in [5.41, 5.74) is 0.778. The molecule has 26 heavy (non-hydrogen) atoms. The molecule has 0 radical (unpaired) electrons. The van der Waals surface area contributed by atoms with Crippen LogP contribution in [0, 0.1) is 5.82 Å². The first-order valence-corrected chi connectivity index (χ1v) is 9.74. The van der Waals surface area contributed by atoms with Crippen molar-refractivity contribution in [3.05, 3.63) is 35.6 Å². The van der Waals surface area contributed by atoms with E-state index in [1.165, 1.54) is 6.42 Å². The van der Waals surface area contributed by atoms with Crippen LogP contribution in [0.4, 0.5) is 4.39 Å². The van der Waals surface area contributed by atoms with Gasteiger partial charge in [-0.1, -0.05) is 18.2 Å². The Hall–Kier alpha value is -1.66. The van der Waals surface area contributed by atoms with E-state index >= 15 is 0 Å². The van der Waals surface area contributed by atoms with Gasteiger partial charge in [-0.25, -0.2) is 4.39 Å². The number of halogens is 1. The van der Waals surface area contributed by atoms with Crippen LogP contribution in [0.3, 0.4) is 0 Å². The van der Waals surface area contributed by atoms with Crippen LogP contribution in [0.1, 0.15) is 24.8 Å². The highest BCUT2D eigenvalue weighted by Crippen LogP contribution is 2.48. The van der Waals surface area contributed by atoms with E-state index in [0.29, 0.717) is 6.04 Å². The van der Waals surface area contributed by atoms with Gasteiger partial charge >= 0.3 is 0 Å². The van der Waals surface area contributed by atoms with Crippen LogP contribution in [0.15, 0.2) is 29.3 Å². The number of nitrogens with one attached hydrogen (secondary N) is 1. The molecule has 1 atom stereocenters. The summed E-state index contributed by atoms with van der Waals surface area (Å²) in [7, 11) is 1.84. The summed E-state index contributed by atoms with van der Waals surface area (Å²) < 4.78 is 19.7. The number of guanidine groups is 1. The molecule has 6 heteroatoms. The second-order valence-corrected chi connectivity index (χ2v) is 7.70. The molecule has 0 amide bonds. The Kier molecular flexibility index (Phi) is 5.14. The van der Waals surface area contributed by atoms with Gasteiger partial charge in [0.2, 0.25) is 0 Å². The molecule has 1 unspecified atom stereocenters. The van der Waals surface area contributed by atoms with Gasteiger partial charge in [-0.2, -0.15) is 0 Å². The predicted molar refractivity (Wildman–Crippen MR) is 101 cm³/mol. The molecule has 5 nitrogen and oxygen atoms in total. The summed E-state index contributed by atoms with van der Waals surface area (Å²) >= 11 is 0. The molecular weight excluding hydrogens is 331 g/mol. The number of hydrogen-bond donors (Lipinski definition) is 1. The van der Waals surface area contributed by atoms with E-state index in [1.54, 1.807) is 12.1 Å². The van der Waals surface area contributed by atoms with Gasteiger partial charge in [0.1, 0.15) is 5.82 Å². The molecule has 3 fully saturated rings. The normalized spacial score (nSPS) is 26.2. The van der Waals surface area contributed by atoms with Crippen LogP contribution in [-0.2, 0) is 10.2 Å². The third kappa shape index (κ3) is 3.58. The van der Waals surface area contributed by atoms with Gasteiger partial charge in [0.25, 0.3) is 0 Å². The second kappa shape index (κ2) is 7.53. The van der Waals surface area contributed by atoms with Gasteiger partial charge in [0.05, 0.1) is 13.2 Å². The van der Waals surface area contributed by atoms with Crippen molar-refractivity contribution in [1.82, 2.24) is 15.1 Å². The topological polar surface area (TPSA) is 40.1 Å². The standard InChI is InChI=1S/C20H29FN4O/c1-22-19(25-9-6-16(14-25)24-10-12-26-13-11-24)23-15-20(7-8-20)17-4-2-3-5-18(17)21/h2-5,16H,6-15H2,1H3,(H,22,23). The van der Waals surface area contributed by atoms with Crippen LogP contribution in [0.2, 0.25) is 0 Å². The van der Waals surface area contributed by atoms with E-state index in [9.17, 15) is 4.39 Å². The van der Waals surface area contributed by atoms with Crippen molar-refractivity contribution in [2.75, 3.05) is 53.0 Å². The van der Waals surface area contributed by atoms with Gasteiger partial charge < -0.3 is 15.0 Å². The van der Waals surface area contributed by atoms with Crippen LogP contribution < -0.4 is 5.32 Å². The summed E-state index contributed by atoms with van der Waals surface area (Å²) in [6, 6.07) is 7.77. The van der Waals surface area contributed by atoms with Crippen molar-refractivity contribution >= 4 is 5.96 Å².